The number of fused-ring (bicyclic) bond motifs is 1. The molecule has 0 aliphatic heterocycles. The number of nitrogens with two attached hydrogens (primary N) is 2. The van der Waals surface area contributed by atoms with Gasteiger partial charge in [-0.1, -0.05) is 22.4 Å². The van der Waals surface area contributed by atoms with Crippen molar-refractivity contribution in [3.63, 3.8) is 0 Å². The summed E-state index contributed by atoms with van der Waals surface area (Å²) >= 11 is 3.47. The third-order valence-electron chi connectivity index (χ3n) is 5.36. The summed E-state index contributed by atoms with van der Waals surface area (Å²) in [7, 11) is 1.53. The Morgan fingerprint density at radius 1 is 1.20 bits per heavy atom. The zero-order valence-corrected chi connectivity index (χ0v) is 22.3. The smallest absolute Gasteiger partial charge is 0.247 e. The van der Waals surface area contributed by atoms with E-state index >= 15 is 0 Å². The number of benzene rings is 2. The Hall–Kier alpha value is -2.85. The zero-order chi connectivity index (χ0) is 24.0. The van der Waals surface area contributed by atoms with Crippen molar-refractivity contribution in [2.75, 3.05) is 13.7 Å². The van der Waals surface area contributed by atoms with E-state index in [1.807, 2.05) is 18.2 Å². The highest BCUT2D eigenvalue weighted by Gasteiger charge is 2.21. The molecule has 7 nitrogen and oxygen atoms in total. The van der Waals surface area contributed by atoms with Gasteiger partial charge in [0.25, 0.3) is 0 Å². The Morgan fingerprint density at radius 3 is 2.57 bits per heavy atom. The predicted molar refractivity (Wildman–Crippen MR) is 147 cm³/mol. The lowest BCUT2D eigenvalue weighted by Gasteiger charge is -2.11. The maximum atomic E-state index is 13.1. The van der Waals surface area contributed by atoms with Crippen LogP contribution < -0.4 is 16.2 Å². The van der Waals surface area contributed by atoms with E-state index in [0.29, 0.717) is 46.5 Å². The van der Waals surface area contributed by atoms with Crippen molar-refractivity contribution in [1.29, 1.82) is 10.5 Å². The first-order valence-electron chi connectivity index (χ1n) is 10.4. The maximum Gasteiger partial charge on any atom is 0.247 e. The van der Waals surface area contributed by atoms with Crippen LogP contribution in [-0.2, 0) is 0 Å². The quantitative estimate of drug-likeness (QED) is 0.276. The molecule has 184 valence electrons. The van der Waals surface area contributed by atoms with Gasteiger partial charge in [0.1, 0.15) is 5.75 Å². The fraction of sp³-hybridized carbons (Fsp3) is 0.240. The van der Waals surface area contributed by atoms with Gasteiger partial charge in [0.05, 0.1) is 41.9 Å². The third-order valence-corrected chi connectivity index (χ3v) is 5.85. The molecule has 0 saturated heterocycles. The van der Waals surface area contributed by atoms with Crippen molar-refractivity contribution in [2.45, 2.75) is 25.3 Å². The summed E-state index contributed by atoms with van der Waals surface area (Å²) < 4.78 is 7.73. The predicted octanol–water partition coefficient (Wildman–Crippen LogP) is 5.29. The number of methoxy groups -OCH3 is 1. The molecule has 1 aromatic heterocycles. The Balaban J connectivity index is 0.00000306. The minimum absolute atomic E-state index is 0. The first-order chi connectivity index (χ1) is 15.9. The van der Waals surface area contributed by atoms with E-state index in [1.54, 1.807) is 30.5 Å². The summed E-state index contributed by atoms with van der Waals surface area (Å²) in [6.45, 7) is 0.554. The molecule has 0 unspecified atom stereocenters. The highest BCUT2D eigenvalue weighted by Crippen LogP contribution is 2.33. The monoisotopic (exact) mass is 577 g/mol. The number of carbonyl (C=O) groups excluding carboxylic acids is 1. The number of halogens is 3. The highest BCUT2D eigenvalue weighted by atomic mass is 79.9. The van der Waals surface area contributed by atoms with Crippen LogP contribution in [0.2, 0.25) is 0 Å². The molecule has 0 saturated carbocycles. The number of carbonyl (C=O) groups is 1. The number of rotatable bonds is 8. The molecule has 35 heavy (non-hydrogen) atoms. The normalized spacial score (nSPS) is 11.5. The highest BCUT2D eigenvalue weighted by molar-refractivity contribution is 9.10. The fourth-order valence-corrected chi connectivity index (χ4v) is 4.01. The van der Waals surface area contributed by atoms with Gasteiger partial charge < -0.3 is 16.2 Å². The van der Waals surface area contributed by atoms with Crippen LogP contribution in [0, 0.1) is 22.7 Å². The molecule has 3 aromatic rings. The molecule has 1 heterocycles. The van der Waals surface area contributed by atoms with Crippen LogP contribution in [-0.4, -0.2) is 30.2 Å². The number of aromatic nitrogens is 1. The summed E-state index contributed by atoms with van der Waals surface area (Å²) in [6, 6.07) is 14.2. The second kappa shape index (κ2) is 13.9. The number of unbranched alkanes of at least 4 members (excludes halogenated alkanes) is 1. The van der Waals surface area contributed by atoms with Crippen LogP contribution in [0.1, 0.15) is 40.7 Å². The van der Waals surface area contributed by atoms with Crippen molar-refractivity contribution < 1.29 is 9.53 Å². The van der Waals surface area contributed by atoms with Crippen molar-refractivity contribution in [3.05, 3.63) is 63.8 Å². The van der Waals surface area contributed by atoms with Crippen LogP contribution in [0.5, 0.6) is 5.75 Å². The Labute approximate surface area is 225 Å². The molecule has 0 amide bonds. The van der Waals surface area contributed by atoms with Crippen LogP contribution in [0.3, 0.4) is 0 Å². The van der Waals surface area contributed by atoms with Gasteiger partial charge in [-0.25, -0.2) is 0 Å². The van der Waals surface area contributed by atoms with Gasteiger partial charge in [-0.15, -0.1) is 24.8 Å². The van der Waals surface area contributed by atoms with E-state index in [1.165, 1.54) is 11.7 Å². The van der Waals surface area contributed by atoms with Crippen LogP contribution >= 0.6 is 40.7 Å². The Bertz CT molecular complexity index is 1310. The van der Waals surface area contributed by atoms with Gasteiger partial charge in [0.15, 0.2) is 0 Å². The molecule has 3 rings (SSSR count). The molecule has 0 aliphatic rings. The fourth-order valence-electron chi connectivity index (χ4n) is 3.65. The van der Waals surface area contributed by atoms with Crippen molar-refractivity contribution in [3.8, 4) is 17.9 Å². The van der Waals surface area contributed by atoms with E-state index in [2.05, 4.69) is 28.1 Å². The molecule has 0 bridgehead atoms. The Morgan fingerprint density at radius 2 is 1.94 bits per heavy atom. The standard InChI is InChI=1S/C25H24BrN5O2.2ClH/c1-33-24-8-5-16(13-28)10-17(24)11-18(14-29)21-15-31(23-7-6-19(26)12-20(21)23)25(32)22(30)4-2-3-9-27;;/h5-8,10-12,15,22H,2-4,9,27,30H2,1H3;2*1H/t22-;;/m1../s1. The Kier molecular flexibility index (Phi) is 12.0. The molecule has 10 heteroatoms. The summed E-state index contributed by atoms with van der Waals surface area (Å²) in [5.74, 6) is 0.289. The molecular formula is C25H26BrCl2N5O2. The molecule has 4 N–H and O–H groups in total. The van der Waals surface area contributed by atoms with E-state index < -0.39 is 6.04 Å². The van der Waals surface area contributed by atoms with Crippen molar-refractivity contribution >= 4 is 69.2 Å². The lowest BCUT2D eigenvalue weighted by molar-refractivity contribution is 0.0879. The zero-order valence-electron chi connectivity index (χ0n) is 19.0. The van der Waals surface area contributed by atoms with Gasteiger partial charge in [-0.2, -0.15) is 10.5 Å². The molecule has 0 fully saturated rings. The largest absolute Gasteiger partial charge is 0.496 e. The van der Waals surface area contributed by atoms with Gasteiger partial charge in [-0.3, -0.25) is 9.36 Å². The van der Waals surface area contributed by atoms with Crippen molar-refractivity contribution in [1.82, 2.24) is 4.57 Å². The van der Waals surface area contributed by atoms with Crippen LogP contribution in [0.4, 0.5) is 0 Å². The molecular weight excluding hydrogens is 553 g/mol. The van der Waals surface area contributed by atoms with Gasteiger partial charge in [0.2, 0.25) is 5.91 Å². The summed E-state index contributed by atoms with van der Waals surface area (Å²) in [6.07, 6.45) is 5.40. The van der Waals surface area contributed by atoms with Crippen LogP contribution in [0.25, 0.3) is 22.6 Å². The maximum absolute atomic E-state index is 13.1. The van der Waals surface area contributed by atoms with Gasteiger partial charge in [-0.05, 0) is 61.9 Å². The number of allylic oxidation sites excluding steroid dienone is 1. The first kappa shape index (κ1) is 30.2. The van der Waals surface area contributed by atoms with Gasteiger partial charge in [0, 0.05) is 27.2 Å². The summed E-state index contributed by atoms with van der Waals surface area (Å²) in [5.41, 5.74) is 14.3. The van der Waals surface area contributed by atoms with E-state index in [9.17, 15) is 15.3 Å². The van der Waals surface area contributed by atoms with Crippen LogP contribution in [0.15, 0.2) is 47.1 Å². The molecule has 1 atom stereocenters. The second-order valence-electron chi connectivity index (χ2n) is 7.54. The van der Waals surface area contributed by atoms with Gasteiger partial charge >= 0.3 is 0 Å². The molecule has 0 aliphatic carbocycles. The lowest BCUT2D eigenvalue weighted by atomic mass is 10.0. The van der Waals surface area contributed by atoms with E-state index in [4.69, 9.17) is 16.2 Å². The average molecular weight is 579 g/mol. The summed E-state index contributed by atoms with van der Waals surface area (Å²) in [4.78, 5) is 13.1. The first-order valence-corrected chi connectivity index (χ1v) is 11.2. The number of nitrogens with zero attached hydrogens (tertiary/aromatic N) is 3. The number of nitriles is 2. The van der Waals surface area contributed by atoms with E-state index in [-0.39, 0.29) is 30.7 Å². The number of hydrogen-bond acceptors (Lipinski definition) is 6. The minimum Gasteiger partial charge on any atom is -0.496 e. The molecule has 2 aromatic carbocycles. The molecule has 0 spiro atoms. The SMILES string of the molecule is COc1ccc(C#N)cc1C=C(C#N)c1cn(C(=O)[C@H](N)CCCCN)c2ccc(Br)cc12.Cl.Cl. The van der Waals surface area contributed by atoms with Crippen molar-refractivity contribution in [2.24, 2.45) is 11.5 Å². The van der Waals surface area contributed by atoms with E-state index in [0.717, 1.165) is 22.7 Å². The minimum atomic E-state index is -0.675. The lowest BCUT2D eigenvalue weighted by Crippen LogP contribution is -2.34. The second-order valence-corrected chi connectivity index (χ2v) is 8.46. The number of hydrogen-bond donors (Lipinski definition) is 2. The topological polar surface area (TPSA) is 131 Å². The average Bonchev–Trinajstić information content (AvgIpc) is 3.20. The molecule has 0 radical (unpaired) electrons. The third kappa shape index (κ3) is 6.85. The summed E-state index contributed by atoms with van der Waals surface area (Å²) in [5, 5.41) is 20.0. The number of ether oxygens (including phenoxy) is 1.